The molecule has 0 radical (unpaired) electrons. The first-order valence-corrected chi connectivity index (χ1v) is 6.36. The lowest BCUT2D eigenvalue weighted by atomic mass is 10.1. The second-order valence-electron chi connectivity index (χ2n) is 4.12. The molecule has 0 fully saturated rings. The number of nitriles is 1. The summed E-state index contributed by atoms with van der Waals surface area (Å²) >= 11 is 0. The molecule has 7 heteroatoms. The number of esters is 1. The van der Waals surface area contributed by atoms with E-state index in [4.69, 9.17) is 25.2 Å². The first-order valence-electron chi connectivity index (χ1n) is 6.36. The van der Waals surface area contributed by atoms with Crippen LogP contribution in [0.3, 0.4) is 0 Å². The summed E-state index contributed by atoms with van der Waals surface area (Å²) in [6.45, 7) is 0.120. The molecule has 1 rings (SSSR count). The predicted octanol–water partition coefficient (Wildman–Crippen LogP) is 0.647. The minimum Gasteiger partial charge on any atom is -0.484 e. The summed E-state index contributed by atoms with van der Waals surface area (Å²) in [5.74, 6) is -0.833. The van der Waals surface area contributed by atoms with E-state index in [1.807, 2.05) is 0 Å². The number of amides is 1. The van der Waals surface area contributed by atoms with E-state index in [-0.39, 0.29) is 25.4 Å². The topological polar surface area (TPSA) is 112 Å². The van der Waals surface area contributed by atoms with Gasteiger partial charge >= 0.3 is 5.97 Å². The van der Waals surface area contributed by atoms with Crippen LogP contribution in [0.25, 0.3) is 6.08 Å². The van der Waals surface area contributed by atoms with Crippen LogP contribution in [0.2, 0.25) is 0 Å². The molecular weight excluding hydrogens is 288 g/mol. The summed E-state index contributed by atoms with van der Waals surface area (Å²) in [7, 11) is 1.48. The van der Waals surface area contributed by atoms with Gasteiger partial charge in [0.15, 0.2) is 6.61 Å². The lowest BCUT2D eigenvalue weighted by Gasteiger charge is -2.04. The van der Waals surface area contributed by atoms with Gasteiger partial charge in [0.1, 0.15) is 24.0 Å². The molecule has 0 aliphatic rings. The molecule has 0 aromatic heterocycles. The second-order valence-corrected chi connectivity index (χ2v) is 4.12. The normalized spacial score (nSPS) is 10.6. The fraction of sp³-hybridized carbons (Fsp3) is 0.267. The molecular formula is C15H16N2O5. The summed E-state index contributed by atoms with van der Waals surface area (Å²) in [5, 5.41) is 8.99. The Morgan fingerprint density at radius 3 is 2.50 bits per heavy atom. The van der Waals surface area contributed by atoms with Crippen LogP contribution in [0.4, 0.5) is 0 Å². The molecule has 0 heterocycles. The number of hydrogen-bond acceptors (Lipinski definition) is 6. The fourth-order valence-electron chi connectivity index (χ4n) is 1.41. The number of benzene rings is 1. The average Bonchev–Trinajstić information content (AvgIpc) is 2.51. The van der Waals surface area contributed by atoms with E-state index >= 15 is 0 Å². The Hall–Kier alpha value is -2.85. The number of carbonyl (C=O) groups is 2. The van der Waals surface area contributed by atoms with E-state index in [9.17, 15) is 9.59 Å². The Labute approximate surface area is 127 Å². The van der Waals surface area contributed by atoms with Crippen LogP contribution < -0.4 is 10.5 Å². The van der Waals surface area contributed by atoms with E-state index in [1.165, 1.54) is 13.2 Å². The van der Waals surface area contributed by atoms with Crippen molar-refractivity contribution in [3.63, 3.8) is 0 Å². The third kappa shape index (κ3) is 6.07. The van der Waals surface area contributed by atoms with Crippen LogP contribution in [0.5, 0.6) is 5.75 Å². The zero-order valence-electron chi connectivity index (χ0n) is 12.1. The molecule has 1 aromatic carbocycles. The van der Waals surface area contributed by atoms with Crippen molar-refractivity contribution in [2.45, 2.75) is 0 Å². The Balaban J connectivity index is 2.70. The number of nitrogens with two attached hydrogens (primary N) is 1. The number of carbonyl (C=O) groups excluding carboxylic acids is 2. The van der Waals surface area contributed by atoms with Gasteiger partial charge in [0.25, 0.3) is 5.91 Å². The molecule has 0 aliphatic carbocycles. The Morgan fingerprint density at radius 2 is 1.95 bits per heavy atom. The standard InChI is InChI=1S/C15H16N2O5/c1-20-6-7-21-15(19)12(9-16)8-11-2-4-13(5-3-11)22-10-14(17)18/h2-5,8H,6-7,10H2,1H3,(H2,17,18)/b12-8+. The molecule has 22 heavy (non-hydrogen) atoms. The van der Waals surface area contributed by atoms with E-state index in [1.54, 1.807) is 30.3 Å². The van der Waals surface area contributed by atoms with E-state index in [2.05, 4.69) is 0 Å². The summed E-state index contributed by atoms with van der Waals surface area (Å²) in [6, 6.07) is 8.25. The zero-order chi connectivity index (χ0) is 16.4. The molecule has 0 unspecified atom stereocenters. The van der Waals surface area contributed by atoms with Crippen molar-refractivity contribution < 1.29 is 23.8 Å². The highest BCUT2D eigenvalue weighted by Crippen LogP contribution is 2.15. The van der Waals surface area contributed by atoms with Crippen LogP contribution >= 0.6 is 0 Å². The fourth-order valence-corrected chi connectivity index (χ4v) is 1.41. The first kappa shape index (κ1) is 17.2. The molecule has 116 valence electrons. The van der Waals surface area contributed by atoms with Crippen molar-refractivity contribution in [3.05, 3.63) is 35.4 Å². The number of methoxy groups -OCH3 is 1. The van der Waals surface area contributed by atoms with Gasteiger partial charge in [0, 0.05) is 7.11 Å². The van der Waals surface area contributed by atoms with Crippen molar-refractivity contribution in [1.29, 1.82) is 5.26 Å². The minimum atomic E-state index is -0.714. The van der Waals surface area contributed by atoms with Gasteiger partial charge in [-0.05, 0) is 23.8 Å². The largest absolute Gasteiger partial charge is 0.484 e. The van der Waals surface area contributed by atoms with Gasteiger partial charge in [-0.25, -0.2) is 4.79 Å². The molecule has 0 bridgehead atoms. The highest BCUT2D eigenvalue weighted by molar-refractivity contribution is 5.97. The van der Waals surface area contributed by atoms with Crippen molar-refractivity contribution >= 4 is 18.0 Å². The van der Waals surface area contributed by atoms with Crippen LogP contribution in [-0.4, -0.2) is 38.8 Å². The van der Waals surface area contributed by atoms with E-state index < -0.39 is 11.9 Å². The third-order valence-corrected chi connectivity index (χ3v) is 2.43. The highest BCUT2D eigenvalue weighted by Gasteiger charge is 2.10. The maximum Gasteiger partial charge on any atom is 0.348 e. The maximum absolute atomic E-state index is 11.7. The molecule has 0 atom stereocenters. The summed E-state index contributed by atoms with van der Waals surface area (Å²) < 4.78 is 14.7. The number of ether oxygens (including phenoxy) is 3. The molecule has 2 N–H and O–H groups in total. The van der Waals surface area contributed by atoms with Crippen molar-refractivity contribution in [2.24, 2.45) is 5.73 Å². The monoisotopic (exact) mass is 304 g/mol. The average molecular weight is 304 g/mol. The van der Waals surface area contributed by atoms with Gasteiger partial charge in [-0.1, -0.05) is 12.1 Å². The zero-order valence-corrected chi connectivity index (χ0v) is 12.1. The second kappa shape index (κ2) is 9.15. The molecule has 0 aliphatic heterocycles. The Morgan fingerprint density at radius 1 is 1.27 bits per heavy atom. The smallest absolute Gasteiger partial charge is 0.348 e. The minimum absolute atomic E-state index is 0.0776. The van der Waals surface area contributed by atoms with Gasteiger partial charge in [-0.15, -0.1) is 0 Å². The first-order chi connectivity index (χ1) is 10.6. The number of rotatable bonds is 8. The van der Waals surface area contributed by atoms with Crippen molar-refractivity contribution in [3.8, 4) is 11.8 Å². The number of primary amides is 1. The maximum atomic E-state index is 11.7. The molecule has 1 aromatic rings. The van der Waals surface area contributed by atoms with Gasteiger partial charge in [-0.3, -0.25) is 4.79 Å². The van der Waals surface area contributed by atoms with Crippen LogP contribution in [0, 0.1) is 11.3 Å². The molecule has 7 nitrogen and oxygen atoms in total. The Bertz CT molecular complexity index is 587. The van der Waals surface area contributed by atoms with Gasteiger partial charge in [0.2, 0.25) is 0 Å². The van der Waals surface area contributed by atoms with Crippen LogP contribution in [-0.2, 0) is 19.1 Å². The lowest BCUT2D eigenvalue weighted by Crippen LogP contribution is -2.19. The van der Waals surface area contributed by atoms with Crippen molar-refractivity contribution in [2.75, 3.05) is 26.9 Å². The number of hydrogen-bond donors (Lipinski definition) is 1. The summed E-state index contributed by atoms with van der Waals surface area (Å²) in [5.41, 5.74) is 5.46. The molecule has 1 amide bonds. The summed E-state index contributed by atoms with van der Waals surface area (Å²) in [4.78, 5) is 22.3. The highest BCUT2D eigenvalue weighted by atomic mass is 16.6. The van der Waals surface area contributed by atoms with Crippen LogP contribution in [0.1, 0.15) is 5.56 Å². The molecule has 0 saturated heterocycles. The van der Waals surface area contributed by atoms with E-state index in [0.29, 0.717) is 11.3 Å². The Kier molecular flexibility index (Phi) is 7.16. The van der Waals surface area contributed by atoms with Gasteiger partial charge in [-0.2, -0.15) is 5.26 Å². The lowest BCUT2D eigenvalue weighted by molar-refractivity contribution is -0.139. The molecule has 0 spiro atoms. The van der Waals surface area contributed by atoms with Crippen LogP contribution in [0.15, 0.2) is 29.8 Å². The molecule has 0 saturated carbocycles. The van der Waals surface area contributed by atoms with Gasteiger partial charge < -0.3 is 19.9 Å². The SMILES string of the molecule is COCCOC(=O)/C(C#N)=C/c1ccc(OCC(N)=O)cc1. The third-order valence-electron chi connectivity index (χ3n) is 2.43. The van der Waals surface area contributed by atoms with E-state index in [0.717, 1.165) is 0 Å². The number of nitrogens with zero attached hydrogens (tertiary/aromatic N) is 1. The predicted molar refractivity (Wildman–Crippen MR) is 77.6 cm³/mol. The summed E-state index contributed by atoms with van der Waals surface area (Å²) in [6.07, 6.45) is 1.40. The quantitative estimate of drug-likeness (QED) is 0.326. The van der Waals surface area contributed by atoms with Crippen molar-refractivity contribution in [1.82, 2.24) is 0 Å². The van der Waals surface area contributed by atoms with Gasteiger partial charge in [0.05, 0.1) is 6.61 Å².